The fraction of sp³-hybridized carbons (Fsp3) is 0.0909. The van der Waals surface area contributed by atoms with Gasteiger partial charge in [0.2, 0.25) is 5.91 Å². The van der Waals surface area contributed by atoms with Gasteiger partial charge in [-0.3, -0.25) is 4.79 Å². The van der Waals surface area contributed by atoms with Gasteiger partial charge in [0.15, 0.2) is 5.82 Å². The van der Waals surface area contributed by atoms with Crippen LogP contribution < -0.4 is 5.32 Å². The first-order valence-electron chi connectivity index (χ1n) is 4.92. The Bertz CT molecular complexity index is 555. The SMILES string of the molecule is N#CCC(=O)Nc1cnn(-c2ccccn2)c1. The Balaban J connectivity index is 2.12. The van der Waals surface area contributed by atoms with Crippen LogP contribution in [0.1, 0.15) is 6.42 Å². The number of rotatable bonds is 3. The second-order valence-corrected chi connectivity index (χ2v) is 3.24. The summed E-state index contributed by atoms with van der Waals surface area (Å²) < 4.78 is 1.54. The van der Waals surface area contributed by atoms with Crippen molar-refractivity contribution in [2.24, 2.45) is 0 Å². The van der Waals surface area contributed by atoms with Crippen LogP contribution in [0.4, 0.5) is 5.69 Å². The number of amides is 1. The van der Waals surface area contributed by atoms with Gasteiger partial charge in [-0.15, -0.1) is 0 Å². The molecule has 0 saturated heterocycles. The predicted molar refractivity (Wildman–Crippen MR) is 60.2 cm³/mol. The molecule has 1 amide bonds. The van der Waals surface area contributed by atoms with Gasteiger partial charge in [0.25, 0.3) is 0 Å². The first-order valence-corrected chi connectivity index (χ1v) is 4.92. The highest BCUT2D eigenvalue weighted by atomic mass is 16.1. The van der Waals surface area contributed by atoms with Crippen molar-refractivity contribution in [3.8, 4) is 11.9 Å². The van der Waals surface area contributed by atoms with Gasteiger partial charge < -0.3 is 5.32 Å². The monoisotopic (exact) mass is 227 g/mol. The fourth-order valence-corrected chi connectivity index (χ4v) is 1.28. The van der Waals surface area contributed by atoms with Crippen molar-refractivity contribution >= 4 is 11.6 Å². The van der Waals surface area contributed by atoms with E-state index in [-0.39, 0.29) is 12.3 Å². The van der Waals surface area contributed by atoms with E-state index in [4.69, 9.17) is 5.26 Å². The lowest BCUT2D eigenvalue weighted by molar-refractivity contribution is -0.115. The quantitative estimate of drug-likeness (QED) is 0.851. The third-order valence-electron chi connectivity index (χ3n) is 1.99. The van der Waals surface area contributed by atoms with E-state index in [1.54, 1.807) is 29.2 Å². The molecule has 0 aliphatic heterocycles. The average molecular weight is 227 g/mol. The minimum Gasteiger partial charge on any atom is -0.323 e. The number of carbonyl (C=O) groups is 1. The highest BCUT2D eigenvalue weighted by Crippen LogP contribution is 2.09. The van der Waals surface area contributed by atoms with Crippen LogP contribution in [-0.2, 0) is 4.79 Å². The molecule has 0 aliphatic carbocycles. The van der Waals surface area contributed by atoms with Crippen molar-refractivity contribution in [3.05, 3.63) is 36.8 Å². The van der Waals surface area contributed by atoms with Gasteiger partial charge in [0, 0.05) is 6.20 Å². The highest BCUT2D eigenvalue weighted by molar-refractivity contribution is 5.91. The van der Waals surface area contributed by atoms with Gasteiger partial charge in [-0.2, -0.15) is 10.4 Å². The Kier molecular flexibility index (Phi) is 3.12. The molecule has 0 aromatic carbocycles. The molecule has 2 aromatic heterocycles. The number of nitriles is 1. The van der Waals surface area contributed by atoms with Crippen molar-refractivity contribution in [2.75, 3.05) is 5.32 Å². The molecule has 6 nitrogen and oxygen atoms in total. The maximum Gasteiger partial charge on any atom is 0.238 e. The molecule has 0 spiro atoms. The molecule has 2 aromatic rings. The number of anilines is 1. The standard InChI is InChI=1S/C11H9N5O/c12-5-4-11(17)15-9-7-14-16(8-9)10-3-1-2-6-13-10/h1-3,6-8H,4H2,(H,15,17). The molecule has 0 atom stereocenters. The summed E-state index contributed by atoms with van der Waals surface area (Å²) in [4.78, 5) is 15.3. The number of hydrogen-bond donors (Lipinski definition) is 1. The lowest BCUT2D eigenvalue weighted by Crippen LogP contribution is -2.09. The molecular weight excluding hydrogens is 218 g/mol. The summed E-state index contributed by atoms with van der Waals surface area (Å²) in [6, 6.07) is 7.23. The number of nitrogens with one attached hydrogen (secondary N) is 1. The van der Waals surface area contributed by atoms with Crippen LogP contribution in [0.2, 0.25) is 0 Å². The number of pyridine rings is 1. The summed E-state index contributed by atoms with van der Waals surface area (Å²) in [5, 5.41) is 15.0. The third kappa shape index (κ3) is 2.66. The Labute approximate surface area is 97.5 Å². The van der Waals surface area contributed by atoms with E-state index in [2.05, 4.69) is 15.4 Å². The van der Waals surface area contributed by atoms with Gasteiger partial charge in [-0.25, -0.2) is 9.67 Å². The molecular formula is C11H9N5O. The van der Waals surface area contributed by atoms with E-state index >= 15 is 0 Å². The lowest BCUT2D eigenvalue weighted by Gasteiger charge is -1.98. The Morgan fingerprint density at radius 2 is 2.41 bits per heavy atom. The Hall–Kier alpha value is -2.68. The van der Waals surface area contributed by atoms with E-state index in [1.165, 1.54) is 6.20 Å². The topological polar surface area (TPSA) is 83.6 Å². The van der Waals surface area contributed by atoms with Crippen LogP contribution in [0, 0.1) is 11.3 Å². The summed E-state index contributed by atoms with van der Waals surface area (Å²) in [5.41, 5.74) is 0.538. The summed E-state index contributed by atoms with van der Waals surface area (Å²) in [7, 11) is 0. The minimum atomic E-state index is -0.354. The first-order chi connectivity index (χ1) is 8.29. The van der Waals surface area contributed by atoms with Crippen LogP contribution in [0.3, 0.4) is 0 Å². The Morgan fingerprint density at radius 1 is 1.53 bits per heavy atom. The molecule has 0 aliphatic rings. The van der Waals surface area contributed by atoms with Gasteiger partial charge in [0.1, 0.15) is 6.42 Å². The number of hydrogen-bond acceptors (Lipinski definition) is 4. The number of nitrogens with zero attached hydrogens (tertiary/aromatic N) is 4. The van der Waals surface area contributed by atoms with Crippen molar-refractivity contribution < 1.29 is 4.79 Å². The molecule has 84 valence electrons. The smallest absolute Gasteiger partial charge is 0.238 e. The summed E-state index contributed by atoms with van der Waals surface area (Å²) in [6.07, 6.45) is 4.63. The van der Waals surface area contributed by atoms with Gasteiger partial charge in [-0.05, 0) is 12.1 Å². The molecule has 0 unspecified atom stereocenters. The van der Waals surface area contributed by atoms with Crippen molar-refractivity contribution in [1.29, 1.82) is 5.26 Å². The maximum absolute atomic E-state index is 11.2. The molecule has 6 heteroatoms. The van der Waals surface area contributed by atoms with Crippen LogP contribution in [0.5, 0.6) is 0 Å². The van der Waals surface area contributed by atoms with Gasteiger partial charge in [-0.1, -0.05) is 6.07 Å². The largest absolute Gasteiger partial charge is 0.323 e. The molecule has 1 N–H and O–H groups in total. The summed E-state index contributed by atoms with van der Waals surface area (Å²) >= 11 is 0. The molecule has 2 heterocycles. The number of carbonyl (C=O) groups excluding carboxylic acids is 1. The molecule has 0 saturated carbocycles. The second-order valence-electron chi connectivity index (χ2n) is 3.24. The first kappa shape index (κ1) is 10.8. The zero-order chi connectivity index (χ0) is 12.1. The number of aromatic nitrogens is 3. The normalized spacial score (nSPS) is 9.59. The predicted octanol–water partition coefficient (Wildman–Crippen LogP) is 1.12. The van der Waals surface area contributed by atoms with Gasteiger partial charge >= 0.3 is 0 Å². The van der Waals surface area contributed by atoms with Crippen LogP contribution >= 0.6 is 0 Å². The van der Waals surface area contributed by atoms with Crippen molar-refractivity contribution in [3.63, 3.8) is 0 Å². The average Bonchev–Trinajstić information content (AvgIpc) is 2.79. The molecule has 0 fully saturated rings. The van der Waals surface area contributed by atoms with E-state index in [9.17, 15) is 4.79 Å². The fourth-order valence-electron chi connectivity index (χ4n) is 1.28. The van der Waals surface area contributed by atoms with E-state index < -0.39 is 0 Å². The lowest BCUT2D eigenvalue weighted by atomic mass is 10.4. The Morgan fingerprint density at radius 3 is 3.12 bits per heavy atom. The summed E-state index contributed by atoms with van der Waals surface area (Å²) in [5.74, 6) is 0.307. The van der Waals surface area contributed by atoms with Crippen molar-refractivity contribution in [2.45, 2.75) is 6.42 Å². The second kappa shape index (κ2) is 4.90. The molecule has 0 radical (unpaired) electrons. The van der Waals surface area contributed by atoms with Crippen LogP contribution in [0.25, 0.3) is 5.82 Å². The zero-order valence-electron chi connectivity index (χ0n) is 8.87. The van der Waals surface area contributed by atoms with Crippen LogP contribution in [0.15, 0.2) is 36.8 Å². The molecule has 0 bridgehead atoms. The zero-order valence-corrected chi connectivity index (χ0v) is 8.87. The van der Waals surface area contributed by atoms with E-state index in [0.717, 1.165) is 0 Å². The van der Waals surface area contributed by atoms with Gasteiger partial charge in [0.05, 0.1) is 24.2 Å². The minimum absolute atomic E-state index is 0.172. The van der Waals surface area contributed by atoms with Crippen LogP contribution in [-0.4, -0.2) is 20.7 Å². The summed E-state index contributed by atoms with van der Waals surface area (Å²) in [6.45, 7) is 0. The van der Waals surface area contributed by atoms with E-state index in [1.807, 2.05) is 12.1 Å². The highest BCUT2D eigenvalue weighted by Gasteiger charge is 2.04. The third-order valence-corrected chi connectivity index (χ3v) is 1.99. The molecule has 17 heavy (non-hydrogen) atoms. The van der Waals surface area contributed by atoms with E-state index in [0.29, 0.717) is 11.5 Å². The van der Waals surface area contributed by atoms with Crippen molar-refractivity contribution in [1.82, 2.24) is 14.8 Å². The maximum atomic E-state index is 11.2. The molecule has 2 rings (SSSR count).